The summed E-state index contributed by atoms with van der Waals surface area (Å²) in [5.74, 6) is 0. The molecular formula is C17H20N4. The Hall–Kier alpha value is -2.10. The van der Waals surface area contributed by atoms with Crippen LogP contribution in [0.1, 0.15) is 38.5 Å². The van der Waals surface area contributed by atoms with Crippen LogP contribution in [0, 0.1) is 0 Å². The van der Waals surface area contributed by atoms with Gasteiger partial charge in [0.15, 0.2) is 5.65 Å². The number of para-hydroxylation sites is 1. The van der Waals surface area contributed by atoms with Crippen LogP contribution in [-0.4, -0.2) is 20.7 Å². The first-order valence-corrected chi connectivity index (χ1v) is 7.89. The Labute approximate surface area is 124 Å². The topological polar surface area (TPSA) is 42.7 Å². The lowest BCUT2D eigenvalue weighted by Gasteiger charge is -2.19. The molecule has 0 atom stereocenters. The minimum atomic E-state index is 0.543. The van der Waals surface area contributed by atoms with Gasteiger partial charge in [-0.1, -0.05) is 43.9 Å². The highest BCUT2D eigenvalue weighted by Crippen LogP contribution is 2.27. The molecule has 21 heavy (non-hydrogen) atoms. The van der Waals surface area contributed by atoms with Crippen molar-refractivity contribution in [3.8, 4) is 0 Å². The highest BCUT2D eigenvalue weighted by Gasteiger charge is 2.16. The van der Waals surface area contributed by atoms with Gasteiger partial charge in [0.2, 0.25) is 0 Å². The normalized spacial score (nSPS) is 17.1. The third kappa shape index (κ3) is 2.24. The zero-order valence-corrected chi connectivity index (χ0v) is 12.1. The molecule has 4 rings (SSSR count). The molecule has 2 aromatic heterocycles. The highest BCUT2D eigenvalue weighted by molar-refractivity contribution is 6.06. The number of nitrogens with zero attached hydrogens (tertiary/aromatic N) is 3. The number of hydrogen-bond acceptors (Lipinski definition) is 3. The van der Waals surface area contributed by atoms with Gasteiger partial charge in [-0.25, -0.2) is 14.6 Å². The van der Waals surface area contributed by atoms with Gasteiger partial charge < -0.3 is 5.43 Å². The van der Waals surface area contributed by atoms with Crippen LogP contribution in [0.15, 0.2) is 36.8 Å². The smallest absolute Gasteiger partial charge is 0.162 e. The van der Waals surface area contributed by atoms with Gasteiger partial charge >= 0.3 is 0 Å². The second-order valence-corrected chi connectivity index (χ2v) is 5.93. The molecule has 108 valence electrons. The molecule has 0 bridgehead atoms. The highest BCUT2D eigenvalue weighted by atomic mass is 15.4. The Bertz CT molecular complexity index is 700. The van der Waals surface area contributed by atoms with Crippen LogP contribution >= 0.6 is 0 Å². The number of nitrogens with one attached hydrogen (secondary N) is 1. The van der Waals surface area contributed by atoms with Gasteiger partial charge in [-0.3, -0.25) is 0 Å². The maximum atomic E-state index is 4.50. The maximum Gasteiger partial charge on any atom is 0.162 e. The third-order valence-electron chi connectivity index (χ3n) is 4.50. The van der Waals surface area contributed by atoms with Crippen molar-refractivity contribution in [3.05, 3.63) is 36.8 Å². The molecule has 0 amide bonds. The lowest BCUT2D eigenvalue weighted by molar-refractivity contribution is 0.573. The minimum absolute atomic E-state index is 0.543. The largest absolute Gasteiger partial charge is 0.321 e. The molecule has 1 aromatic carbocycles. The van der Waals surface area contributed by atoms with E-state index in [0.717, 1.165) is 11.0 Å². The Morgan fingerprint density at radius 2 is 1.81 bits per heavy atom. The standard InChI is InChI=1S/C17H20N4/c1-2-4-8-13(7-3-1)20-21-16-10-6-5-9-14(16)15-11-18-12-19-17(15)21/h5-6,9-13,20H,1-4,7-8H2. The average Bonchev–Trinajstić information content (AvgIpc) is 2.68. The van der Waals surface area contributed by atoms with Gasteiger partial charge in [0.1, 0.15) is 6.33 Å². The number of fused-ring (bicyclic) bond motifs is 3. The van der Waals surface area contributed by atoms with Gasteiger partial charge in [0.05, 0.1) is 5.52 Å². The fourth-order valence-corrected chi connectivity index (χ4v) is 3.42. The van der Waals surface area contributed by atoms with Crippen LogP contribution in [0.2, 0.25) is 0 Å². The number of aromatic nitrogens is 3. The molecule has 4 nitrogen and oxygen atoms in total. The molecule has 4 heteroatoms. The number of hydrogen-bond donors (Lipinski definition) is 1. The van der Waals surface area contributed by atoms with E-state index in [9.17, 15) is 0 Å². The van der Waals surface area contributed by atoms with Crippen LogP contribution in [0.4, 0.5) is 0 Å². The minimum Gasteiger partial charge on any atom is -0.321 e. The van der Waals surface area contributed by atoms with E-state index in [4.69, 9.17) is 0 Å². The van der Waals surface area contributed by atoms with Crippen molar-refractivity contribution in [1.29, 1.82) is 0 Å². The summed E-state index contributed by atoms with van der Waals surface area (Å²) in [4.78, 5) is 8.68. The SMILES string of the molecule is c1ccc2c(c1)c1cncnc1n2NC1CCCCCC1. The summed E-state index contributed by atoms with van der Waals surface area (Å²) >= 11 is 0. The Morgan fingerprint density at radius 3 is 2.67 bits per heavy atom. The van der Waals surface area contributed by atoms with Gasteiger partial charge in [-0.15, -0.1) is 0 Å². The van der Waals surface area contributed by atoms with Crippen LogP contribution in [0.5, 0.6) is 0 Å². The fraction of sp³-hybridized carbons (Fsp3) is 0.412. The quantitative estimate of drug-likeness (QED) is 0.725. The fourth-order valence-electron chi connectivity index (χ4n) is 3.42. The van der Waals surface area contributed by atoms with Crippen molar-refractivity contribution in [3.63, 3.8) is 0 Å². The van der Waals surface area contributed by atoms with Crippen molar-refractivity contribution < 1.29 is 0 Å². The molecule has 1 aliphatic carbocycles. The molecule has 1 aliphatic rings. The van der Waals surface area contributed by atoms with Crippen molar-refractivity contribution in [2.24, 2.45) is 0 Å². The second-order valence-electron chi connectivity index (χ2n) is 5.93. The van der Waals surface area contributed by atoms with Gasteiger partial charge in [0, 0.05) is 23.0 Å². The maximum absolute atomic E-state index is 4.50. The molecule has 2 heterocycles. The second kappa shape index (κ2) is 5.35. The van der Waals surface area contributed by atoms with Crippen LogP contribution in [0.25, 0.3) is 21.9 Å². The summed E-state index contributed by atoms with van der Waals surface area (Å²) in [7, 11) is 0. The van der Waals surface area contributed by atoms with Crippen molar-refractivity contribution in [2.75, 3.05) is 5.43 Å². The van der Waals surface area contributed by atoms with Crippen molar-refractivity contribution in [1.82, 2.24) is 14.6 Å². The molecular weight excluding hydrogens is 260 g/mol. The van der Waals surface area contributed by atoms with Crippen molar-refractivity contribution in [2.45, 2.75) is 44.6 Å². The molecule has 1 saturated carbocycles. The van der Waals surface area contributed by atoms with Gasteiger partial charge in [0.25, 0.3) is 0 Å². The summed E-state index contributed by atoms with van der Waals surface area (Å²) < 4.78 is 2.17. The average molecular weight is 280 g/mol. The zero-order chi connectivity index (χ0) is 14.1. The Morgan fingerprint density at radius 1 is 1.00 bits per heavy atom. The summed E-state index contributed by atoms with van der Waals surface area (Å²) in [5.41, 5.74) is 5.89. The van der Waals surface area contributed by atoms with E-state index < -0.39 is 0 Å². The molecule has 0 spiro atoms. The van der Waals surface area contributed by atoms with E-state index >= 15 is 0 Å². The Kier molecular flexibility index (Phi) is 3.22. The summed E-state index contributed by atoms with van der Waals surface area (Å²) in [6, 6.07) is 9.00. The van der Waals surface area contributed by atoms with E-state index in [1.54, 1.807) is 6.33 Å². The van der Waals surface area contributed by atoms with E-state index in [2.05, 4.69) is 44.3 Å². The van der Waals surface area contributed by atoms with Gasteiger partial charge in [-0.05, 0) is 18.9 Å². The Balaban J connectivity index is 1.81. The van der Waals surface area contributed by atoms with E-state index in [0.29, 0.717) is 6.04 Å². The number of rotatable bonds is 2. The molecule has 0 saturated heterocycles. The molecule has 0 radical (unpaired) electrons. The summed E-state index contributed by atoms with van der Waals surface area (Å²) in [5, 5.41) is 2.34. The monoisotopic (exact) mass is 280 g/mol. The molecule has 1 N–H and O–H groups in total. The summed E-state index contributed by atoms with van der Waals surface area (Å²) in [6.45, 7) is 0. The van der Waals surface area contributed by atoms with Crippen LogP contribution < -0.4 is 5.43 Å². The van der Waals surface area contributed by atoms with Crippen LogP contribution in [-0.2, 0) is 0 Å². The third-order valence-corrected chi connectivity index (χ3v) is 4.50. The first-order valence-electron chi connectivity index (χ1n) is 7.89. The van der Waals surface area contributed by atoms with Crippen molar-refractivity contribution >= 4 is 21.9 Å². The lowest BCUT2D eigenvalue weighted by Crippen LogP contribution is -2.27. The first-order chi connectivity index (χ1) is 10.4. The molecule has 0 aliphatic heterocycles. The predicted octanol–water partition coefficient (Wildman–Crippen LogP) is 3.85. The first kappa shape index (κ1) is 12.6. The molecule has 3 aromatic rings. The number of benzene rings is 1. The predicted molar refractivity (Wildman–Crippen MR) is 85.9 cm³/mol. The zero-order valence-electron chi connectivity index (χ0n) is 12.1. The van der Waals surface area contributed by atoms with E-state index in [1.165, 1.54) is 49.4 Å². The van der Waals surface area contributed by atoms with Crippen LogP contribution in [0.3, 0.4) is 0 Å². The van der Waals surface area contributed by atoms with E-state index in [1.807, 2.05) is 6.20 Å². The summed E-state index contributed by atoms with van der Waals surface area (Å²) in [6.07, 6.45) is 11.4. The van der Waals surface area contributed by atoms with E-state index in [-0.39, 0.29) is 0 Å². The lowest BCUT2D eigenvalue weighted by atomic mass is 10.1. The molecule has 0 unspecified atom stereocenters. The van der Waals surface area contributed by atoms with Gasteiger partial charge in [-0.2, -0.15) is 0 Å². The molecule has 1 fully saturated rings.